The van der Waals surface area contributed by atoms with Gasteiger partial charge in [-0.2, -0.15) is 0 Å². The zero-order valence-electron chi connectivity index (χ0n) is 10.4. The van der Waals surface area contributed by atoms with Crippen LogP contribution in [-0.4, -0.2) is 11.0 Å². The lowest BCUT2D eigenvalue weighted by Crippen LogP contribution is -2.31. The normalized spacial score (nSPS) is 11.7. The van der Waals surface area contributed by atoms with Crippen LogP contribution in [0.1, 0.15) is 18.5 Å². The SMILES string of the molecule is C[C@@H](NC(=O)Nc1ccc(Br)cc1)c1ccncc1. The molecule has 0 radical (unpaired) electrons. The van der Waals surface area contributed by atoms with E-state index in [0.717, 1.165) is 15.7 Å². The van der Waals surface area contributed by atoms with Crippen molar-refractivity contribution < 1.29 is 4.79 Å². The van der Waals surface area contributed by atoms with Crippen LogP contribution in [0.5, 0.6) is 0 Å². The number of nitrogens with zero attached hydrogens (tertiary/aromatic N) is 1. The Morgan fingerprint density at radius 1 is 1.16 bits per heavy atom. The molecule has 0 saturated carbocycles. The number of aromatic nitrogens is 1. The van der Waals surface area contributed by atoms with E-state index in [-0.39, 0.29) is 12.1 Å². The number of hydrogen-bond donors (Lipinski definition) is 2. The number of pyridine rings is 1. The molecule has 1 atom stereocenters. The van der Waals surface area contributed by atoms with Crippen LogP contribution in [0, 0.1) is 0 Å². The van der Waals surface area contributed by atoms with Gasteiger partial charge in [-0.25, -0.2) is 4.79 Å². The van der Waals surface area contributed by atoms with Crippen molar-refractivity contribution in [2.75, 3.05) is 5.32 Å². The van der Waals surface area contributed by atoms with Gasteiger partial charge in [0.25, 0.3) is 0 Å². The molecule has 0 fully saturated rings. The van der Waals surface area contributed by atoms with E-state index in [0.29, 0.717) is 0 Å². The smallest absolute Gasteiger partial charge is 0.319 e. The van der Waals surface area contributed by atoms with Gasteiger partial charge < -0.3 is 10.6 Å². The summed E-state index contributed by atoms with van der Waals surface area (Å²) >= 11 is 3.35. The molecule has 1 aromatic heterocycles. The number of benzene rings is 1. The number of carbonyl (C=O) groups excluding carboxylic acids is 1. The van der Waals surface area contributed by atoms with Crippen LogP contribution in [-0.2, 0) is 0 Å². The molecule has 4 nitrogen and oxygen atoms in total. The molecule has 1 heterocycles. The third-order valence-electron chi connectivity index (χ3n) is 2.66. The Balaban J connectivity index is 1.93. The quantitative estimate of drug-likeness (QED) is 0.905. The van der Waals surface area contributed by atoms with Crippen molar-refractivity contribution in [1.82, 2.24) is 10.3 Å². The van der Waals surface area contributed by atoms with Crippen LogP contribution >= 0.6 is 15.9 Å². The summed E-state index contributed by atoms with van der Waals surface area (Å²) in [5.74, 6) is 0. The van der Waals surface area contributed by atoms with Gasteiger partial charge in [-0.15, -0.1) is 0 Å². The second-order valence-electron chi connectivity index (χ2n) is 4.11. The third kappa shape index (κ3) is 4.06. The molecule has 0 unspecified atom stereocenters. The predicted octanol–water partition coefficient (Wildman–Crippen LogP) is 3.73. The highest BCUT2D eigenvalue weighted by atomic mass is 79.9. The molecule has 2 N–H and O–H groups in total. The fraction of sp³-hybridized carbons (Fsp3) is 0.143. The fourth-order valence-corrected chi connectivity index (χ4v) is 1.90. The van der Waals surface area contributed by atoms with Crippen LogP contribution in [0.25, 0.3) is 0 Å². The van der Waals surface area contributed by atoms with Gasteiger partial charge in [-0.1, -0.05) is 15.9 Å². The summed E-state index contributed by atoms with van der Waals surface area (Å²) in [6.45, 7) is 1.93. The number of urea groups is 1. The Hall–Kier alpha value is -1.88. The number of rotatable bonds is 3. The van der Waals surface area contributed by atoms with Crippen molar-refractivity contribution in [2.45, 2.75) is 13.0 Å². The maximum atomic E-state index is 11.8. The Morgan fingerprint density at radius 3 is 2.42 bits per heavy atom. The minimum absolute atomic E-state index is 0.0709. The van der Waals surface area contributed by atoms with Crippen molar-refractivity contribution in [3.05, 3.63) is 58.8 Å². The molecule has 19 heavy (non-hydrogen) atoms. The zero-order chi connectivity index (χ0) is 13.7. The molecule has 5 heteroatoms. The molecule has 1 aromatic carbocycles. The van der Waals surface area contributed by atoms with Crippen molar-refractivity contribution in [3.63, 3.8) is 0 Å². The van der Waals surface area contributed by atoms with Gasteiger partial charge in [0, 0.05) is 22.6 Å². The Bertz CT molecular complexity index is 542. The van der Waals surface area contributed by atoms with Crippen molar-refractivity contribution in [3.8, 4) is 0 Å². The highest BCUT2D eigenvalue weighted by molar-refractivity contribution is 9.10. The van der Waals surface area contributed by atoms with Gasteiger partial charge in [-0.05, 0) is 48.9 Å². The summed E-state index contributed by atoms with van der Waals surface area (Å²) in [7, 11) is 0. The molecule has 0 aliphatic rings. The summed E-state index contributed by atoms with van der Waals surface area (Å²) in [4.78, 5) is 15.8. The van der Waals surface area contributed by atoms with Gasteiger partial charge >= 0.3 is 6.03 Å². The number of carbonyl (C=O) groups is 1. The molecule has 2 aromatic rings. The standard InChI is InChI=1S/C14H14BrN3O/c1-10(11-6-8-16-9-7-11)17-14(19)18-13-4-2-12(15)3-5-13/h2-10H,1H3,(H2,17,18,19)/t10-/m1/s1. The monoisotopic (exact) mass is 319 g/mol. The number of halogens is 1. The minimum atomic E-state index is -0.230. The predicted molar refractivity (Wildman–Crippen MR) is 78.9 cm³/mol. The topological polar surface area (TPSA) is 54.0 Å². The third-order valence-corrected chi connectivity index (χ3v) is 3.18. The first kappa shape index (κ1) is 13.5. The Morgan fingerprint density at radius 2 is 1.79 bits per heavy atom. The summed E-state index contributed by atoms with van der Waals surface area (Å²) < 4.78 is 0.976. The molecule has 0 aliphatic carbocycles. The molecular weight excluding hydrogens is 306 g/mol. The molecule has 2 amide bonds. The first-order valence-electron chi connectivity index (χ1n) is 5.88. The highest BCUT2D eigenvalue weighted by Crippen LogP contribution is 2.15. The maximum absolute atomic E-state index is 11.8. The van der Waals surface area contributed by atoms with E-state index in [1.807, 2.05) is 43.3 Å². The van der Waals surface area contributed by atoms with Crippen LogP contribution in [0.4, 0.5) is 10.5 Å². The van der Waals surface area contributed by atoms with E-state index in [4.69, 9.17) is 0 Å². The van der Waals surface area contributed by atoms with Crippen molar-refractivity contribution in [2.24, 2.45) is 0 Å². The number of hydrogen-bond acceptors (Lipinski definition) is 2. The minimum Gasteiger partial charge on any atom is -0.331 e. The Labute approximate surface area is 120 Å². The molecule has 98 valence electrons. The van der Waals surface area contributed by atoms with Crippen LogP contribution in [0.15, 0.2) is 53.3 Å². The Kier molecular flexibility index (Phi) is 4.52. The molecule has 0 spiro atoms. The fourth-order valence-electron chi connectivity index (χ4n) is 1.63. The van der Waals surface area contributed by atoms with E-state index in [9.17, 15) is 4.79 Å². The molecular formula is C14H14BrN3O. The second-order valence-corrected chi connectivity index (χ2v) is 5.02. The maximum Gasteiger partial charge on any atom is 0.319 e. The van der Waals surface area contributed by atoms with E-state index in [2.05, 4.69) is 31.5 Å². The summed E-state index contributed by atoms with van der Waals surface area (Å²) in [6, 6.07) is 10.9. The van der Waals surface area contributed by atoms with Crippen molar-refractivity contribution >= 4 is 27.6 Å². The zero-order valence-corrected chi connectivity index (χ0v) is 12.0. The lowest BCUT2D eigenvalue weighted by atomic mass is 10.1. The van der Waals surface area contributed by atoms with Gasteiger partial charge in [0.1, 0.15) is 0 Å². The second kappa shape index (κ2) is 6.33. The molecule has 0 saturated heterocycles. The molecule has 0 bridgehead atoms. The van der Waals surface area contributed by atoms with Crippen LogP contribution in [0.3, 0.4) is 0 Å². The van der Waals surface area contributed by atoms with Crippen LogP contribution < -0.4 is 10.6 Å². The largest absolute Gasteiger partial charge is 0.331 e. The average molecular weight is 320 g/mol. The number of amides is 2. The average Bonchev–Trinajstić information content (AvgIpc) is 2.42. The first-order valence-corrected chi connectivity index (χ1v) is 6.67. The van der Waals surface area contributed by atoms with Gasteiger partial charge in [0.2, 0.25) is 0 Å². The van der Waals surface area contributed by atoms with E-state index >= 15 is 0 Å². The van der Waals surface area contributed by atoms with Gasteiger partial charge in [-0.3, -0.25) is 4.98 Å². The van der Waals surface area contributed by atoms with Gasteiger partial charge in [0.05, 0.1) is 6.04 Å². The van der Waals surface area contributed by atoms with E-state index in [1.165, 1.54) is 0 Å². The van der Waals surface area contributed by atoms with E-state index < -0.39 is 0 Å². The summed E-state index contributed by atoms with van der Waals surface area (Å²) in [6.07, 6.45) is 3.42. The van der Waals surface area contributed by atoms with Crippen molar-refractivity contribution in [1.29, 1.82) is 0 Å². The van der Waals surface area contributed by atoms with E-state index in [1.54, 1.807) is 12.4 Å². The molecule has 0 aliphatic heterocycles. The number of nitrogens with one attached hydrogen (secondary N) is 2. The summed E-state index contributed by atoms with van der Waals surface area (Å²) in [5, 5.41) is 5.65. The first-order chi connectivity index (χ1) is 9.15. The lowest BCUT2D eigenvalue weighted by Gasteiger charge is -2.14. The van der Waals surface area contributed by atoms with Gasteiger partial charge in [0.15, 0.2) is 0 Å². The highest BCUT2D eigenvalue weighted by Gasteiger charge is 2.08. The summed E-state index contributed by atoms with van der Waals surface area (Å²) in [5.41, 5.74) is 1.77. The van der Waals surface area contributed by atoms with Crippen LogP contribution in [0.2, 0.25) is 0 Å². The number of anilines is 1. The molecule has 2 rings (SSSR count). The lowest BCUT2D eigenvalue weighted by molar-refractivity contribution is 0.249.